The third kappa shape index (κ3) is 2.58. The Morgan fingerprint density at radius 2 is 2.00 bits per heavy atom. The van der Waals surface area contributed by atoms with Crippen molar-refractivity contribution in [2.24, 2.45) is 5.73 Å². The summed E-state index contributed by atoms with van der Waals surface area (Å²) >= 11 is 2.32. The van der Waals surface area contributed by atoms with E-state index in [2.05, 4.69) is 52.9 Å². The summed E-state index contributed by atoms with van der Waals surface area (Å²) < 4.78 is 1.29. The molecule has 1 unspecified atom stereocenters. The van der Waals surface area contributed by atoms with E-state index in [4.69, 9.17) is 5.73 Å². The van der Waals surface area contributed by atoms with Crippen LogP contribution in [0.3, 0.4) is 0 Å². The summed E-state index contributed by atoms with van der Waals surface area (Å²) in [6.07, 6.45) is 5.68. The number of nitrogens with two attached hydrogens (primary N) is 1. The molecule has 0 aliphatic heterocycles. The Kier molecular flexibility index (Phi) is 3.23. The van der Waals surface area contributed by atoms with Crippen LogP contribution in [-0.2, 0) is 0 Å². The van der Waals surface area contributed by atoms with Gasteiger partial charge in [0.1, 0.15) is 0 Å². The van der Waals surface area contributed by atoms with Gasteiger partial charge in [0.15, 0.2) is 0 Å². The van der Waals surface area contributed by atoms with Gasteiger partial charge >= 0.3 is 0 Å². The van der Waals surface area contributed by atoms with Crippen molar-refractivity contribution in [3.8, 4) is 0 Å². The van der Waals surface area contributed by atoms with Crippen molar-refractivity contribution in [1.29, 1.82) is 0 Å². The molecule has 2 rings (SSSR count). The van der Waals surface area contributed by atoms with Crippen LogP contribution in [-0.4, -0.2) is 6.04 Å². The fraction of sp³-hybridized carbons (Fsp3) is 0.333. The Balaban J connectivity index is 2.13. The van der Waals surface area contributed by atoms with Gasteiger partial charge in [0, 0.05) is 9.61 Å². The number of halogens is 1. The van der Waals surface area contributed by atoms with Crippen molar-refractivity contribution >= 4 is 28.7 Å². The second kappa shape index (κ2) is 4.45. The van der Waals surface area contributed by atoms with Crippen LogP contribution in [0.1, 0.15) is 24.8 Å². The standard InChI is InChI=1S/C12H14IN/c13-11-4-1-9(2-5-11)7-10-3-6-12(14)8-10/h1-2,4-5,7,12H,3,6,8,14H2. The molecule has 1 nitrogen and oxygen atoms in total. The van der Waals surface area contributed by atoms with E-state index >= 15 is 0 Å². The lowest BCUT2D eigenvalue weighted by Crippen LogP contribution is -2.13. The Hall–Kier alpha value is -0.350. The summed E-state index contributed by atoms with van der Waals surface area (Å²) in [6.45, 7) is 0. The highest BCUT2D eigenvalue weighted by Gasteiger charge is 2.14. The van der Waals surface area contributed by atoms with Crippen LogP contribution < -0.4 is 5.73 Å². The van der Waals surface area contributed by atoms with Crippen LogP contribution >= 0.6 is 22.6 Å². The maximum Gasteiger partial charge on any atom is 0.0130 e. The molecule has 1 aliphatic carbocycles. The molecule has 2 N–H and O–H groups in total. The summed E-state index contributed by atoms with van der Waals surface area (Å²) in [5, 5.41) is 0. The maximum absolute atomic E-state index is 5.86. The molecular formula is C12H14IN. The fourth-order valence-electron chi connectivity index (χ4n) is 1.84. The first-order valence-electron chi connectivity index (χ1n) is 4.94. The minimum absolute atomic E-state index is 0.394. The molecule has 1 aromatic carbocycles. The monoisotopic (exact) mass is 299 g/mol. The summed E-state index contributed by atoms with van der Waals surface area (Å²) in [6, 6.07) is 9.01. The third-order valence-corrected chi connectivity index (χ3v) is 3.32. The molecule has 1 aromatic rings. The van der Waals surface area contributed by atoms with E-state index in [9.17, 15) is 0 Å². The lowest BCUT2D eigenvalue weighted by molar-refractivity contribution is 0.711. The van der Waals surface area contributed by atoms with Crippen LogP contribution in [0.2, 0.25) is 0 Å². The average Bonchev–Trinajstić information content (AvgIpc) is 2.56. The van der Waals surface area contributed by atoms with Crippen molar-refractivity contribution in [1.82, 2.24) is 0 Å². The van der Waals surface area contributed by atoms with E-state index in [1.165, 1.54) is 21.1 Å². The molecule has 1 saturated carbocycles. The van der Waals surface area contributed by atoms with E-state index in [0.717, 1.165) is 12.8 Å². The van der Waals surface area contributed by atoms with E-state index in [1.807, 2.05) is 0 Å². The lowest BCUT2D eigenvalue weighted by Gasteiger charge is -1.98. The molecule has 14 heavy (non-hydrogen) atoms. The minimum Gasteiger partial charge on any atom is -0.327 e. The second-order valence-corrected chi connectivity index (χ2v) is 5.10. The molecular weight excluding hydrogens is 285 g/mol. The maximum atomic E-state index is 5.86. The van der Waals surface area contributed by atoms with E-state index in [1.54, 1.807) is 0 Å². The Morgan fingerprint density at radius 3 is 2.57 bits per heavy atom. The number of rotatable bonds is 1. The van der Waals surface area contributed by atoms with Crippen molar-refractivity contribution in [3.05, 3.63) is 39.0 Å². The van der Waals surface area contributed by atoms with Gasteiger partial charge < -0.3 is 5.73 Å². The molecule has 1 aliphatic rings. The van der Waals surface area contributed by atoms with Gasteiger partial charge in [0.2, 0.25) is 0 Å². The zero-order chi connectivity index (χ0) is 9.97. The third-order valence-electron chi connectivity index (χ3n) is 2.60. The molecule has 0 saturated heterocycles. The predicted molar refractivity (Wildman–Crippen MR) is 69.0 cm³/mol. The molecule has 0 amide bonds. The molecule has 2 heteroatoms. The van der Waals surface area contributed by atoms with Crippen LogP contribution in [0, 0.1) is 3.57 Å². The summed E-state index contributed by atoms with van der Waals surface area (Å²) in [5.74, 6) is 0. The topological polar surface area (TPSA) is 26.0 Å². The molecule has 0 heterocycles. The first-order valence-corrected chi connectivity index (χ1v) is 6.02. The fourth-order valence-corrected chi connectivity index (χ4v) is 2.20. The zero-order valence-electron chi connectivity index (χ0n) is 8.04. The first-order chi connectivity index (χ1) is 6.74. The number of hydrogen-bond acceptors (Lipinski definition) is 1. The molecule has 0 radical (unpaired) electrons. The molecule has 0 bridgehead atoms. The Bertz CT molecular complexity index is 340. The predicted octanol–water partition coefficient (Wildman–Crippen LogP) is 3.19. The van der Waals surface area contributed by atoms with Gasteiger partial charge in [-0.25, -0.2) is 0 Å². The largest absolute Gasteiger partial charge is 0.327 e. The van der Waals surface area contributed by atoms with Gasteiger partial charge in [-0.3, -0.25) is 0 Å². The SMILES string of the molecule is NC1CCC(=Cc2ccc(I)cc2)C1. The Labute approximate surface area is 98.5 Å². The highest BCUT2D eigenvalue weighted by atomic mass is 127. The summed E-state index contributed by atoms with van der Waals surface area (Å²) in [5.41, 5.74) is 8.66. The zero-order valence-corrected chi connectivity index (χ0v) is 10.2. The van der Waals surface area contributed by atoms with Gasteiger partial charge in [-0.15, -0.1) is 0 Å². The number of hydrogen-bond donors (Lipinski definition) is 1. The van der Waals surface area contributed by atoms with Crippen molar-refractivity contribution in [3.63, 3.8) is 0 Å². The van der Waals surface area contributed by atoms with E-state index < -0.39 is 0 Å². The molecule has 1 atom stereocenters. The van der Waals surface area contributed by atoms with Gasteiger partial charge in [0.05, 0.1) is 0 Å². The first kappa shape index (κ1) is 10.2. The van der Waals surface area contributed by atoms with Crippen LogP contribution in [0.25, 0.3) is 6.08 Å². The highest BCUT2D eigenvalue weighted by Crippen LogP contribution is 2.25. The van der Waals surface area contributed by atoms with E-state index in [-0.39, 0.29) is 0 Å². The molecule has 0 aromatic heterocycles. The van der Waals surface area contributed by atoms with Crippen LogP contribution in [0.15, 0.2) is 29.8 Å². The molecule has 0 spiro atoms. The van der Waals surface area contributed by atoms with Crippen molar-refractivity contribution < 1.29 is 0 Å². The van der Waals surface area contributed by atoms with E-state index in [0.29, 0.717) is 6.04 Å². The highest BCUT2D eigenvalue weighted by molar-refractivity contribution is 14.1. The van der Waals surface area contributed by atoms with Crippen LogP contribution in [0.5, 0.6) is 0 Å². The lowest BCUT2D eigenvalue weighted by atomic mass is 10.1. The molecule has 1 fully saturated rings. The van der Waals surface area contributed by atoms with Gasteiger partial charge in [-0.1, -0.05) is 23.8 Å². The van der Waals surface area contributed by atoms with Crippen LogP contribution in [0.4, 0.5) is 0 Å². The molecule has 74 valence electrons. The Morgan fingerprint density at radius 1 is 1.29 bits per heavy atom. The quantitative estimate of drug-likeness (QED) is 0.792. The number of benzene rings is 1. The normalized spacial score (nSPS) is 24.4. The second-order valence-electron chi connectivity index (χ2n) is 3.86. The summed E-state index contributed by atoms with van der Waals surface area (Å²) in [7, 11) is 0. The van der Waals surface area contributed by atoms with Gasteiger partial charge in [-0.2, -0.15) is 0 Å². The minimum atomic E-state index is 0.394. The van der Waals surface area contributed by atoms with Crippen molar-refractivity contribution in [2.45, 2.75) is 25.3 Å². The van der Waals surface area contributed by atoms with Gasteiger partial charge in [0.25, 0.3) is 0 Å². The average molecular weight is 299 g/mol. The summed E-state index contributed by atoms with van der Waals surface area (Å²) in [4.78, 5) is 0. The van der Waals surface area contributed by atoms with Crippen molar-refractivity contribution in [2.75, 3.05) is 0 Å². The smallest absolute Gasteiger partial charge is 0.0130 e. The van der Waals surface area contributed by atoms with Gasteiger partial charge in [-0.05, 0) is 59.5 Å².